The van der Waals surface area contributed by atoms with Crippen LogP contribution in [-0.4, -0.2) is 13.9 Å². The molecule has 0 saturated carbocycles. The summed E-state index contributed by atoms with van der Waals surface area (Å²) in [7, 11) is -2.93. The van der Waals surface area contributed by atoms with Crippen LogP contribution in [0.4, 0.5) is 0 Å². The molecule has 0 bridgehead atoms. The van der Waals surface area contributed by atoms with Crippen molar-refractivity contribution in [1.29, 1.82) is 0 Å². The number of carbonyl (C=O) groups is 1. The Morgan fingerprint density at radius 1 is 0.688 bits per heavy atom. The molecule has 0 radical (unpaired) electrons. The molecule has 0 unspecified atom stereocenters. The topological polar surface area (TPSA) is 17.1 Å². The first-order chi connectivity index (χ1) is 15.5. The van der Waals surface area contributed by atoms with Crippen molar-refractivity contribution in [3.8, 4) is 0 Å². The number of allylic oxidation sites excluding steroid dienone is 1. The summed E-state index contributed by atoms with van der Waals surface area (Å²) < 4.78 is 0. The zero-order chi connectivity index (χ0) is 22.6. The van der Waals surface area contributed by atoms with Gasteiger partial charge < -0.3 is 0 Å². The van der Waals surface area contributed by atoms with E-state index in [-0.39, 0.29) is 5.78 Å². The highest BCUT2D eigenvalue weighted by molar-refractivity contribution is 7.82. The Morgan fingerprint density at radius 2 is 1.19 bits per heavy atom. The second-order valence-electron chi connectivity index (χ2n) is 8.65. The summed E-state index contributed by atoms with van der Waals surface area (Å²) >= 11 is 1.54. The summed E-state index contributed by atoms with van der Waals surface area (Å²) in [5.74, 6) is 0.192. The number of Topliss-reactive ketones (excluding diaryl/α,β-unsaturated/α-hetero) is 1. The molecule has 0 amide bonds. The molecule has 0 fully saturated rings. The third-order valence-electron chi connectivity index (χ3n) is 5.26. The average molecular weight is 471 g/mol. The van der Waals surface area contributed by atoms with E-state index in [2.05, 4.69) is 105 Å². The fraction of sp³-hybridized carbons (Fsp3) is 0.107. The van der Waals surface area contributed by atoms with Crippen LogP contribution in [0.2, 0.25) is 19.6 Å². The number of benzene rings is 3. The van der Waals surface area contributed by atoms with Crippen molar-refractivity contribution in [2.75, 3.05) is 0 Å². The van der Waals surface area contributed by atoms with Crippen molar-refractivity contribution >= 4 is 49.0 Å². The standard InChI is InChI=1S/C28H27OPSSi/c1-32(2,3)28(26(29)25-20-13-21-31-25)27(22-14-7-4-8-15-22)30(23-16-9-5-10-17-23)24-18-11-6-12-19-24/h4-21H,1-3H3/b28-27-. The fourth-order valence-corrected chi connectivity index (χ4v) is 10.1. The molecule has 1 nitrogen and oxygen atoms in total. The lowest BCUT2D eigenvalue weighted by Gasteiger charge is -2.30. The van der Waals surface area contributed by atoms with E-state index in [1.165, 1.54) is 27.3 Å². The maximum Gasteiger partial charge on any atom is 0.195 e. The second-order valence-corrected chi connectivity index (χ2v) is 16.8. The molecule has 0 spiro atoms. The Balaban J connectivity index is 2.10. The van der Waals surface area contributed by atoms with Gasteiger partial charge in [-0.25, -0.2) is 0 Å². The van der Waals surface area contributed by atoms with E-state index in [1.807, 2.05) is 23.6 Å². The van der Waals surface area contributed by atoms with Gasteiger partial charge >= 0.3 is 0 Å². The number of rotatable bonds is 7. The molecule has 0 aliphatic rings. The summed E-state index contributed by atoms with van der Waals surface area (Å²) in [5.41, 5.74) is 1.15. The average Bonchev–Trinajstić information content (AvgIpc) is 3.35. The summed E-state index contributed by atoms with van der Waals surface area (Å²) in [6, 6.07) is 35.8. The van der Waals surface area contributed by atoms with Crippen LogP contribution < -0.4 is 10.6 Å². The first kappa shape index (κ1) is 22.6. The molecular weight excluding hydrogens is 443 g/mol. The van der Waals surface area contributed by atoms with Gasteiger partial charge in [-0.1, -0.05) is 117 Å². The van der Waals surface area contributed by atoms with Crippen molar-refractivity contribution in [3.05, 3.63) is 124 Å². The summed E-state index contributed by atoms with van der Waals surface area (Å²) in [6.07, 6.45) is 0. The fourth-order valence-electron chi connectivity index (χ4n) is 3.88. The predicted molar refractivity (Wildman–Crippen MR) is 144 cm³/mol. The van der Waals surface area contributed by atoms with E-state index >= 15 is 0 Å². The molecule has 4 rings (SSSR count). The summed E-state index contributed by atoms with van der Waals surface area (Å²) in [4.78, 5) is 14.9. The van der Waals surface area contributed by atoms with Gasteiger partial charge in [-0.3, -0.25) is 4.79 Å². The van der Waals surface area contributed by atoms with Gasteiger partial charge in [0.1, 0.15) is 0 Å². The SMILES string of the molecule is C[Si](C)(C)/C(C(=O)c1cccs1)=C(/c1ccccc1)P(c1ccccc1)c1ccccc1. The minimum Gasteiger partial charge on any atom is -0.288 e. The minimum atomic E-state index is -2.03. The number of hydrogen-bond donors (Lipinski definition) is 0. The number of hydrogen-bond acceptors (Lipinski definition) is 2. The van der Waals surface area contributed by atoms with E-state index in [1.54, 1.807) is 0 Å². The Morgan fingerprint density at radius 3 is 1.62 bits per heavy atom. The van der Waals surface area contributed by atoms with Gasteiger partial charge in [-0.05, 0) is 46.1 Å². The third kappa shape index (κ3) is 4.91. The number of ketones is 1. The lowest BCUT2D eigenvalue weighted by Crippen LogP contribution is -2.31. The van der Waals surface area contributed by atoms with Crippen molar-refractivity contribution in [2.24, 2.45) is 0 Å². The van der Waals surface area contributed by atoms with Gasteiger partial charge in [-0.2, -0.15) is 0 Å². The maximum absolute atomic E-state index is 14.0. The van der Waals surface area contributed by atoms with Crippen LogP contribution in [0.15, 0.2) is 114 Å². The van der Waals surface area contributed by atoms with Gasteiger partial charge in [0.25, 0.3) is 0 Å². The van der Waals surface area contributed by atoms with Crippen LogP contribution in [0.1, 0.15) is 15.2 Å². The highest BCUT2D eigenvalue weighted by atomic mass is 32.1. The molecule has 1 aromatic heterocycles. The number of thiophene rings is 1. The molecule has 32 heavy (non-hydrogen) atoms. The van der Waals surface area contributed by atoms with Crippen LogP contribution in [-0.2, 0) is 0 Å². The molecule has 4 aromatic rings. The minimum absolute atomic E-state index is 0.192. The van der Waals surface area contributed by atoms with Crippen molar-refractivity contribution in [1.82, 2.24) is 0 Å². The van der Waals surface area contributed by atoms with Gasteiger partial charge in [0.15, 0.2) is 5.78 Å². The molecule has 0 aliphatic carbocycles. The Kier molecular flexibility index (Phi) is 7.00. The summed E-state index contributed by atoms with van der Waals surface area (Å²) in [6.45, 7) is 6.88. The van der Waals surface area contributed by atoms with Crippen molar-refractivity contribution in [2.45, 2.75) is 19.6 Å². The predicted octanol–water partition coefficient (Wildman–Crippen LogP) is 7.35. The van der Waals surface area contributed by atoms with Crippen LogP contribution >= 0.6 is 19.3 Å². The molecule has 0 aliphatic heterocycles. The normalized spacial score (nSPS) is 12.5. The van der Waals surface area contributed by atoms with E-state index in [4.69, 9.17) is 0 Å². The van der Waals surface area contributed by atoms with Crippen molar-refractivity contribution < 1.29 is 4.79 Å². The van der Waals surface area contributed by atoms with Crippen LogP contribution in [0.25, 0.3) is 5.31 Å². The largest absolute Gasteiger partial charge is 0.288 e. The Hall–Kier alpha value is -2.58. The Bertz CT molecular complexity index is 1160. The smallest absolute Gasteiger partial charge is 0.195 e. The van der Waals surface area contributed by atoms with E-state index in [0.29, 0.717) is 0 Å². The van der Waals surface area contributed by atoms with Gasteiger partial charge in [0.05, 0.1) is 13.0 Å². The monoisotopic (exact) mass is 470 g/mol. The molecule has 160 valence electrons. The lowest BCUT2D eigenvalue weighted by molar-refractivity contribution is 0.104. The molecule has 0 atom stereocenters. The lowest BCUT2D eigenvalue weighted by atomic mass is 10.1. The highest BCUT2D eigenvalue weighted by Crippen LogP contribution is 2.52. The first-order valence-electron chi connectivity index (χ1n) is 10.8. The maximum atomic E-state index is 14.0. The van der Waals surface area contributed by atoms with Gasteiger partial charge in [-0.15, -0.1) is 11.3 Å². The van der Waals surface area contributed by atoms with Gasteiger partial charge in [0, 0.05) is 0 Å². The van der Waals surface area contributed by atoms with E-state index in [0.717, 1.165) is 15.6 Å². The molecule has 3 aromatic carbocycles. The second kappa shape index (κ2) is 9.91. The van der Waals surface area contributed by atoms with E-state index in [9.17, 15) is 4.79 Å². The zero-order valence-corrected chi connectivity index (χ0v) is 21.4. The summed E-state index contributed by atoms with van der Waals surface area (Å²) in [5, 5.41) is 6.76. The van der Waals surface area contributed by atoms with Gasteiger partial charge in [0.2, 0.25) is 0 Å². The molecular formula is C28H27OPSSi. The van der Waals surface area contributed by atoms with Crippen LogP contribution in [0.3, 0.4) is 0 Å². The molecule has 0 N–H and O–H groups in total. The first-order valence-corrected chi connectivity index (χ1v) is 16.5. The van der Waals surface area contributed by atoms with Crippen molar-refractivity contribution in [3.63, 3.8) is 0 Å². The van der Waals surface area contributed by atoms with Crippen LogP contribution in [0, 0.1) is 0 Å². The molecule has 1 heterocycles. The Labute approximate surface area is 197 Å². The molecule has 4 heteroatoms. The number of carbonyl (C=O) groups excluding carboxylic acids is 1. The zero-order valence-electron chi connectivity index (χ0n) is 18.7. The quantitative estimate of drug-likeness (QED) is 0.119. The van der Waals surface area contributed by atoms with E-state index < -0.39 is 16.0 Å². The molecule has 0 saturated heterocycles. The van der Waals surface area contributed by atoms with Crippen LogP contribution in [0.5, 0.6) is 0 Å². The third-order valence-corrected chi connectivity index (χ3v) is 10.9. The highest BCUT2D eigenvalue weighted by Gasteiger charge is 2.35.